The summed E-state index contributed by atoms with van der Waals surface area (Å²) in [5, 5.41) is 5.97. The highest BCUT2D eigenvalue weighted by Gasteiger charge is 2.33. The molecule has 1 amide bonds. The zero-order valence-corrected chi connectivity index (χ0v) is 16.6. The lowest BCUT2D eigenvalue weighted by Gasteiger charge is -2.36. The number of carbonyl (C=O) groups excluding carboxylic acids is 1. The summed E-state index contributed by atoms with van der Waals surface area (Å²) in [6, 6.07) is 3.57. The van der Waals surface area contributed by atoms with Crippen LogP contribution in [-0.4, -0.2) is 59.6 Å². The van der Waals surface area contributed by atoms with Crippen LogP contribution in [0, 0.1) is 0 Å². The van der Waals surface area contributed by atoms with Crippen molar-refractivity contribution < 1.29 is 18.0 Å². The van der Waals surface area contributed by atoms with Gasteiger partial charge in [0.15, 0.2) is 5.11 Å². The molecule has 1 aliphatic heterocycles. The maximum atomic E-state index is 12.9. The fourth-order valence-electron chi connectivity index (χ4n) is 2.67. The summed E-state index contributed by atoms with van der Waals surface area (Å²) in [7, 11) is 0. The van der Waals surface area contributed by atoms with Crippen LogP contribution in [0.5, 0.6) is 0 Å². The van der Waals surface area contributed by atoms with Crippen LogP contribution < -0.4 is 10.6 Å². The average molecular weight is 423 g/mol. The third kappa shape index (κ3) is 6.51. The van der Waals surface area contributed by atoms with Crippen molar-refractivity contribution in [3.05, 3.63) is 28.8 Å². The van der Waals surface area contributed by atoms with Gasteiger partial charge in [-0.25, -0.2) is 0 Å². The summed E-state index contributed by atoms with van der Waals surface area (Å²) in [5.74, 6) is -0.373. The first-order valence-corrected chi connectivity index (χ1v) is 9.29. The van der Waals surface area contributed by atoms with E-state index in [2.05, 4.69) is 10.6 Å². The van der Waals surface area contributed by atoms with Crippen LogP contribution in [-0.2, 0) is 11.0 Å². The molecule has 0 spiro atoms. The number of benzene rings is 1. The van der Waals surface area contributed by atoms with Gasteiger partial charge in [0.2, 0.25) is 5.91 Å². The van der Waals surface area contributed by atoms with Crippen molar-refractivity contribution in [1.29, 1.82) is 0 Å². The Kier molecular flexibility index (Phi) is 7.30. The quantitative estimate of drug-likeness (QED) is 0.730. The van der Waals surface area contributed by atoms with E-state index in [9.17, 15) is 18.0 Å². The third-order valence-electron chi connectivity index (χ3n) is 3.99. The van der Waals surface area contributed by atoms with E-state index in [0.717, 1.165) is 12.1 Å². The lowest BCUT2D eigenvalue weighted by molar-refractivity contribution is -0.137. The molecule has 0 aromatic heterocycles. The molecule has 27 heavy (non-hydrogen) atoms. The Bertz CT molecular complexity index is 691. The number of alkyl halides is 3. The number of thiocarbonyl (C=S) groups is 1. The van der Waals surface area contributed by atoms with Gasteiger partial charge in [0.25, 0.3) is 0 Å². The molecule has 1 aromatic rings. The number of hydrogen-bond acceptors (Lipinski definition) is 3. The first-order valence-electron chi connectivity index (χ1n) is 8.50. The molecule has 1 saturated heterocycles. The van der Waals surface area contributed by atoms with Gasteiger partial charge in [-0.3, -0.25) is 9.69 Å². The summed E-state index contributed by atoms with van der Waals surface area (Å²) in [5.41, 5.74) is -0.903. The van der Waals surface area contributed by atoms with E-state index >= 15 is 0 Å². The summed E-state index contributed by atoms with van der Waals surface area (Å²) >= 11 is 10.9. The predicted octanol–water partition coefficient (Wildman–Crippen LogP) is 3.20. The number of carbonyl (C=O) groups is 1. The highest BCUT2D eigenvalue weighted by Crippen LogP contribution is 2.36. The molecule has 0 unspecified atom stereocenters. The first-order chi connectivity index (χ1) is 12.6. The van der Waals surface area contributed by atoms with Crippen LogP contribution >= 0.6 is 23.8 Å². The van der Waals surface area contributed by atoms with Gasteiger partial charge in [-0.1, -0.05) is 11.6 Å². The second kappa shape index (κ2) is 9.07. The standard InChI is InChI=1S/C17H22ClF3N4OS/c1-11(2)22-16(27)25-7-5-24(6-8-25)10-15(26)23-12-3-4-14(18)13(9-12)17(19,20)21/h3-4,9,11H,5-8,10H2,1-2H3,(H,22,27)(H,23,26). The van der Waals surface area contributed by atoms with Gasteiger partial charge in [0.05, 0.1) is 17.1 Å². The van der Waals surface area contributed by atoms with Gasteiger partial charge in [0, 0.05) is 37.9 Å². The third-order valence-corrected chi connectivity index (χ3v) is 4.70. The number of nitrogens with zero attached hydrogens (tertiary/aromatic N) is 2. The van der Waals surface area contributed by atoms with Gasteiger partial charge in [-0.15, -0.1) is 0 Å². The lowest BCUT2D eigenvalue weighted by Crippen LogP contribution is -2.53. The highest BCUT2D eigenvalue weighted by molar-refractivity contribution is 7.80. The number of rotatable bonds is 4. The molecule has 1 fully saturated rings. The van der Waals surface area contributed by atoms with E-state index < -0.39 is 16.8 Å². The SMILES string of the molecule is CC(C)NC(=S)N1CCN(CC(=O)Nc2ccc(Cl)c(C(F)(F)F)c2)CC1. The van der Waals surface area contributed by atoms with Gasteiger partial charge in [0.1, 0.15) is 0 Å². The minimum Gasteiger partial charge on any atom is -0.360 e. The number of nitrogens with one attached hydrogen (secondary N) is 2. The van der Waals surface area contributed by atoms with E-state index in [1.165, 1.54) is 6.07 Å². The van der Waals surface area contributed by atoms with E-state index in [-0.39, 0.29) is 24.2 Å². The Balaban J connectivity index is 1.86. The maximum absolute atomic E-state index is 12.9. The maximum Gasteiger partial charge on any atom is 0.417 e. The van der Waals surface area contributed by atoms with Crippen LogP contribution in [0.15, 0.2) is 18.2 Å². The van der Waals surface area contributed by atoms with Crippen LogP contribution in [0.2, 0.25) is 5.02 Å². The van der Waals surface area contributed by atoms with Crippen LogP contribution in [0.4, 0.5) is 18.9 Å². The fraction of sp³-hybridized carbons (Fsp3) is 0.529. The normalized spacial score (nSPS) is 15.7. The van der Waals surface area contributed by atoms with Crippen molar-refractivity contribution in [2.45, 2.75) is 26.1 Å². The number of amides is 1. The van der Waals surface area contributed by atoms with E-state index in [1.807, 2.05) is 23.6 Å². The molecule has 10 heteroatoms. The zero-order chi connectivity index (χ0) is 20.2. The first kappa shape index (κ1) is 21.7. The highest BCUT2D eigenvalue weighted by atomic mass is 35.5. The summed E-state index contributed by atoms with van der Waals surface area (Å²) in [4.78, 5) is 16.1. The fourth-order valence-corrected chi connectivity index (χ4v) is 3.31. The Morgan fingerprint density at radius 3 is 2.44 bits per heavy atom. The topological polar surface area (TPSA) is 47.6 Å². The van der Waals surface area contributed by atoms with E-state index in [1.54, 1.807) is 0 Å². The lowest BCUT2D eigenvalue weighted by atomic mass is 10.2. The molecular formula is C17H22ClF3N4OS. The minimum absolute atomic E-state index is 0.0673. The summed E-state index contributed by atoms with van der Waals surface area (Å²) < 4.78 is 38.7. The van der Waals surface area contributed by atoms with Crippen molar-refractivity contribution in [2.24, 2.45) is 0 Å². The van der Waals surface area contributed by atoms with Gasteiger partial charge in [-0.2, -0.15) is 13.2 Å². The molecule has 2 N–H and O–H groups in total. The van der Waals surface area contributed by atoms with E-state index in [0.29, 0.717) is 31.3 Å². The van der Waals surface area contributed by atoms with E-state index in [4.69, 9.17) is 23.8 Å². The molecule has 5 nitrogen and oxygen atoms in total. The van der Waals surface area contributed by atoms with Crippen LogP contribution in [0.25, 0.3) is 0 Å². The molecule has 150 valence electrons. The van der Waals surface area contributed by atoms with Crippen molar-refractivity contribution >= 4 is 40.5 Å². The molecule has 1 heterocycles. The van der Waals surface area contributed by atoms with Gasteiger partial charge < -0.3 is 15.5 Å². The number of anilines is 1. The van der Waals surface area contributed by atoms with Crippen molar-refractivity contribution in [1.82, 2.24) is 15.1 Å². The zero-order valence-electron chi connectivity index (χ0n) is 15.1. The molecule has 1 aliphatic rings. The van der Waals surface area contributed by atoms with Gasteiger partial charge >= 0.3 is 6.18 Å². The van der Waals surface area contributed by atoms with Gasteiger partial charge in [-0.05, 0) is 44.3 Å². The summed E-state index contributed by atoms with van der Waals surface area (Å²) in [6.07, 6.45) is -4.57. The Morgan fingerprint density at radius 2 is 1.89 bits per heavy atom. The molecular weight excluding hydrogens is 401 g/mol. The Morgan fingerprint density at radius 1 is 1.26 bits per heavy atom. The molecule has 2 rings (SSSR count). The molecule has 0 bridgehead atoms. The number of hydrogen-bond donors (Lipinski definition) is 2. The predicted molar refractivity (Wildman–Crippen MR) is 104 cm³/mol. The Labute approximate surface area is 166 Å². The number of halogens is 4. The second-order valence-corrected chi connectivity index (χ2v) is 7.40. The minimum atomic E-state index is -4.57. The van der Waals surface area contributed by atoms with Crippen molar-refractivity contribution in [2.75, 3.05) is 38.0 Å². The van der Waals surface area contributed by atoms with Crippen LogP contribution in [0.3, 0.4) is 0 Å². The smallest absolute Gasteiger partial charge is 0.360 e. The van der Waals surface area contributed by atoms with Crippen molar-refractivity contribution in [3.63, 3.8) is 0 Å². The summed E-state index contributed by atoms with van der Waals surface area (Å²) in [6.45, 7) is 6.77. The van der Waals surface area contributed by atoms with Crippen molar-refractivity contribution in [3.8, 4) is 0 Å². The molecule has 0 saturated carbocycles. The van der Waals surface area contributed by atoms with Crippen LogP contribution in [0.1, 0.15) is 19.4 Å². The molecule has 0 radical (unpaired) electrons. The monoisotopic (exact) mass is 422 g/mol. The largest absolute Gasteiger partial charge is 0.417 e. The molecule has 1 aromatic carbocycles. The number of piperazine rings is 1. The molecule has 0 aliphatic carbocycles. The Hall–Kier alpha value is -1.58. The average Bonchev–Trinajstić information content (AvgIpc) is 2.55. The molecule has 0 atom stereocenters. The second-order valence-electron chi connectivity index (χ2n) is 6.61.